The summed E-state index contributed by atoms with van der Waals surface area (Å²) in [5.74, 6) is 0.714. The van der Waals surface area contributed by atoms with Gasteiger partial charge in [-0.3, -0.25) is 0 Å². The lowest BCUT2D eigenvalue weighted by molar-refractivity contribution is -0.136. The molecule has 2 rings (SSSR count). The molecule has 0 aliphatic rings. The molecule has 0 amide bonds. The Morgan fingerprint density at radius 2 is 1.87 bits per heavy atom. The molecule has 0 radical (unpaired) electrons. The molecule has 4 nitrogen and oxygen atoms in total. The van der Waals surface area contributed by atoms with Crippen LogP contribution in [0.2, 0.25) is 0 Å². The van der Waals surface area contributed by atoms with E-state index in [0.29, 0.717) is 17.5 Å². The molecular formula is C16H19F3N4. The van der Waals surface area contributed by atoms with Gasteiger partial charge in [0.1, 0.15) is 5.82 Å². The van der Waals surface area contributed by atoms with Gasteiger partial charge in [0.25, 0.3) is 0 Å². The molecule has 0 fully saturated rings. The molecule has 0 aliphatic carbocycles. The van der Waals surface area contributed by atoms with Gasteiger partial charge in [-0.15, -0.1) is 0 Å². The second-order valence-electron chi connectivity index (χ2n) is 5.34. The summed E-state index contributed by atoms with van der Waals surface area (Å²) in [6.45, 7) is 5.77. The summed E-state index contributed by atoms with van der Waals surface area (Å²) in [5, 5.41) is 5.86. The molecule has 2 N–H and O–H groups in total. The Balaban J connectivity index is 2.31. The molecule has 1 atom stereocenters. The van der Waals surface area contributed by atoms with Gasteiger partial charge >= 0.3 is 6.18 Å². The second kappa shape index (κ2) is 6.85. The SMILES string of the molecule is CCC(C)Nc1nc(C)cc(Nc2ccccc2C(F)(F)F)n1. The van der Waals surface area contributed by atoms with Crippen molar-refractivity contribution in [3.8, 4) is 0 Å². The number of aryl methyl sites for hydroxylation is 1. The van der Waals surface area contributed by atoms with Gasteiger partial charge in [-0.2, -0.15) is 18.2 Å². The van der Waals surface area contributed by atoms with E-state index < -0.39 is 11.7 Å². The van der Waals surface area contributed by atoms with Crippen molar-refractivity contribution in [2.75, 3.05) is 10.6 Å². The van der Waals surface area contributed by atoms with Gasteiger partial charge < -0.3 is 10.6 Å². The molecule has 124 valence electrons. The van der Waals surface area contributed by atoms with Crippen LogP contribution in [0.4, 0.5) is 30.6 Å². The van der Waals surface area contributed by atoms with Crippen LogP contribution in [0, 0.1) is 6.92 Å². The zero-order chi connectivity index (χ0) is 17.0. The molecule has 0 spiro atoms. The Morgan fingerprint density at radius 1 is 1.17 bits per heavy atom. The van der Waals surface area contributed by atoms with Gasteiger partial charge in [-0.1, -0.05) is 19.1 Å². The minimum Gasteiger partial charge on any atom is -0.352 e. The Kier molecular flexibility index (Phi) is 5.08. The van der Waals surface area contributed by atoms with E-state index in [1.54, 1.807) is 19.1 Å². The monoisotopic (exact) mass is 324 g/mol. The molecule has 7 heteroatoms. The number of alkyl halides is 3. The van der Waals surface area contributed by atoms with Gasteiger partial charge in [0.2, 0.25) is 5.95 Å². The van der Waals surface area contributed by atoms with Gasteiger partial charge in [0, 0.05) is 17.8 Å². The number of anilines is 3. The van der Waals surface area contributed by atoms with Gasteiger partial charge in [-0.25, -0.2) is 4.98 Å². The predicted octanol–water partition coefficient (Wildman–Crippen LogP) is 4.76. The number of rotatable bonds is 5. The number of halogens is 3. The fraction of sp³-hybridized carbons (Fsp3) is 0.375. The second-order valence-corrected chi connectivity index (χ2v) is 5.34. The van der Waals surface area contributed by atoms with Gasteiger partial charge in [-0.05, 0) is 32.4 Å². The van der Waals surface area contributed by atoms with E-state index in [9.17, 15) is 13.2 Å². The number of para-hydroxylation sites is 1. The van der Waals surface area contributed by atoms with Crippen molar-refractivity contribution in [1.29, 1.82) is 0 Å². The maximum Gasteiger partial charge on any atom is 0.418 e. The van der Waals surface area contributed by atoms with E-state index >= 15 is 0 Å². The molecule has 1 heterocycles. The maximum absolute atomic E-state index is 13.0. The first kappa shape index (κ1) is 17.1. The fourth-order valence-electron chi connectivity index (χ4n) is 2.00. The Bertz CT molecular complexity index is 671. The van der Waals surface area contributed by atoms with E-state index in [4.69, 9.17) is 0 Å². The third-order valence-electron chi connectivity index (χ3n) is 3.34. The van der Waals surface area contributed by atoms with Crippen molar-refractivity contribution in [2.45, 2.75) is 39.4 Å². The van der Waals surface area contributed by atoms with Crippen LogP contribution in [-0.4, -0.2) is 16.0 Å². The summed E-state index contributed by atoms with van der Waals surface area (Å²) in [6, 6.07) is 7.09. The van der Waals surface area contributed by atoms with E-state index in [-0.39, 0.29) is 11.7 Å². The first-order chi connectivity index (χ1) is 10.8. The van der Waals surface area contributed by atoms with Crippen molar-refractivity contribution in [2.24, 2.45) is 0 Å². The van der Waals surface area contributed by atoms with E-state index in [1.165, 1.54) is 12.1 Å². The lowest BCUT2D eigenvalue weighted by atomic mass is 10.1. The smallest absolute Gasteiger partial charge is 0.352 e. The van der Waals surface area contributed by atoms with Gasteiger partial charge in [0.15, 0.2) is 0 Å². The zero-order valence-electron chi connectivity index (χ0n) is 13.2. The first-order valence-corrected chi connectivity index (χ1v) is 7.35. The summed E-state index contributed by atoms with van der Waals surface area (Å²) >= 11 is 0. The van der Waals surface area contributed by atoms with E-state index in [1.807, 2.05) is 13.8 Å². The van der Waals surface area contributed by atoms with Crippen LogP contribution in [0.1, 0.15) is 31.5 Å². The summed E-state index contributed by atoms with van der Waals surface area (Å²) in [5.41, 5.74) is -0.0990. The van der Waals surface area contributed by atoms with Crippen LogP contribution >= 0.6 is 0 Å². The highest BCUT2D eigenvalue weighted by Crippen LogP contribution is 2.35. The normalized spacial score (nSPS) is 12.8. The van der Waals surface area contributed by atoms with Crippen molar-refractivity contribution >= 4 is 17.5 Å². The molecule has 1 unspecified atom stereocenters. The van der Waals surface area contributed by atoms with E-state index in [2.05, 4.69) is 20.6 Å². The maximum atomic E-state index is 13.0. The summed E-state index contributed by atoms with van der Waals surface area (Å²) in [6.07, 6.45) is -3.54. The molecule has 0 saturated carbocycles. The van der Waals surface area contributed by atoms with Crippen LogP contribution < -0.4 is 10.6 Å². The number of benzene rings is 1. The number of hydrogen-bond acceptors (Lipinski definition) is 4. The Labute approximate surface area is 133 Å². The van der Waals surface area contributed by atoms with Crippen LogP contribution in [0.25, 0.3) is 0 Å². The highest BCUT2D eigenvalue weighted by molar-refractivity contribution is 5.62. The molecule has 1 aromatic carbocycles. The number of hydrogen-bond donors (Lipinski definition) is 2. The summed E-state index contributed by atoms with van der Waals surface area (Å²) in [7, 11) is 0. The first-order valence-electron chi connectivity index (χ1n) is 7.35. The highest BCUT2D eigenvalue weighted by atomic mass is 19.4. The molecule has 0 aliphatic heterocycles. The van der Waals surface area contributed by atoms with Crippen LogP contribution in [0.5, 0.6) is 0 Å². The topological polar surface area (TPSA) is 49.8 Å². The molecule has 1 aromatic heterocycles. The fourth-order valence-corrected chi connectivity index (χ4v) is 2.00. The van der Waals surface area contributed by atoms with Crippen molar-refractivity contribution < 1.29 is 13.2 Å². The molecule has 0 saturated heterocycles. The lowest BCUT2D eigenvalue weighted by Gasteiger charge is -2.16. The molecule has 23 heavy (non-hydrogen) atoms. The van der Waals surface area contributed by atoms with Crippen LogP contribution in [-0.2, 0) is 6.18 Å². The Hall–Kier alpha value is -2.31. The number of nitrogens with zero attached hydrogens (tertiary/aromatic N) is 2. The summed E-state index contributed by atoms with van der Waals surface area (Å²) in [4.78, 5) is 8.49. The number of nitrogens with one attached hydrogen (secondary N) is 2. The quantitative estimate of drug-likeness (QED) is 0.833. The largest absolute Gasteiger partial charge is 0.418 e. The Morgan fingerprint density at radius 3 is 2.52 bits per heavy atom. The predicted molar refractivity (Wildman–Crippen MR) is 84.9 cm³/mol. The third-order valence-corrected chi connectivity index (χ3v) is 3.34. The van der Waals surface area contributed by atoms with Crippen molar-refractivity contribution in [3.63, 3.8) is 0 Å². The zero-order valence-corrected chi connectivity index (χ0v) is 13.2. The standard InChI is InChI=1S/C16H19F3N4/c1-4-10(2)20-15-21-11(3)9-14(23-15)22-13-8-6-5-7-12(13)16(17,18)19/h5-10H,4H2,1-3H3,(H2,20,21,22,23). The van der Waals surface area contributed by atoms with Gasteiger partial charge in [0.05, 0.1) is 11.3 Å². The molecular weight excluding hydrogens is 305 g/mol. The minimum absolute atomic E-state index is 0.0346. The average Bonchev–Trinajstić information content (AvgIpc) is 2.46. The average molecular weight is 324 g/mol. The van der Waals surface area contributed by atoms with E-state index in [0.717, 1.165) is 12.5 Å². The molecule has 0 bridgehead atoms. The van der Waals surface area contributed by atoms with Crippen molar-refractivity contribution in [1.82, 2.24) is 9.97 Å². The van der Waals surface area contributed by atoms with Crippen LogP contribution in [0.3, 0.4) is 0 Å². The highest BCUT2D eigenvalue weighted by Gasteiger charge is 2.33. The van der Waals surface area contributed by atoms with Crippen LogP contribution in [0.15, 0.2) is 30.3 Å². The minimum atomic E-state index is -4.43. The van der Waals surface area contributed by atoms with Crippen molar-refractivity contribution in [3.05, 3.63) is 41.6 Å². The summed E-state index contributed by atoms with van der Waals surface area (Å²) < 4.78 is 39.1. The lowest BCUT2D eigenvalue weighted by Crippen LogP contribution is -2.16. The number of aromatic nitrogens is 2. The molecule has 2 aromatic rings. The third kappa shape index (κ3) is 4.58.